The number of H-pyrrole nitrogens is 1. The lowest BCUT2D eigenvalue weighted by Gasteiger charge is -2.20. The number of rotatable bonds is 5. The van der Waals surface area contributed by atoms with Crippen molar-refractivity contribution in [3.05, 3.63) is 72.6 Å². The van der Waals surface area contributed by atoms with Crippen molar-refractivity contribution in [3.8, 4) is 11.1 Å². The molecule has 134 valence electrons. The van der Waals surface area contributed by atoms with E-state index in [1.165, 1.54) is 24.3 Å². The van der Waals surface area contributed by atoms with Gasteiger partial charge in [-0.3, -0.25) is 9.89 Å². The van der Waals surface area contributed by atoms with E-state index in [2.05, 4.69) is 15.5 Å². The Kier molecular flexibility index (Phi) is 5.06. The minimum atomic E-state index is -4.50. The average molecular weight is 359 g/mol. The third kappa shape index (κ3) is 4.30. The molecule has 0 spiro atoms. The summed E-state index contributed by atoms with van der Waals surface area (Å²) in [5, 5.41) is 9.09. The van der Waals surface area contributed by atoms with E-state index in [0.717, 1.165) is 11.1 Å². The molecule has 2 aromatic carbocycles. The smallest absolute Gasteiger partial charge is 0.326 e. The van der Waals surface area contributed by atoms with E-state index in [4.69, 9.17) is 0 Å². The molecule has 2 N–H and O–H groups in total. The summed E-state index contributed by atoms with van der Waals surface area (Å²) in [4.78, 5) is 12.2. The Balaban J connectivity index is 1.74. The Morgan fingerprint density at radius 1 is 1.08 bits per heavy atom. The lowest BCUT2D eigenvalue weighted by molar-refractivity contribution is -0.155. The fraction of sp³-hybridized carbons (Fsp3) is 0.158. The maximum absolute atomic E-state index is 13.4. The third-order valence-corrected chi connectivity index (χ3v) is 3.96. The molecule has 1 atom stereocenters. The standard InChI is InChI=1S/C19H16F3N3O/c20-19(21,22)17(13-5-2-1-3-6-13)10-18(26)25-16-8-4-7-14(9-16)15-11-23-24-12-15/h1-9,11-12,17H,10H2,(H,23,24)(H,25,26)/t17-/m0/s1. The lowest BCUT2D eigenvalue weighted by atomic mass is 9.94. The zero-order valence-electron chi connectivity index (χ0n) is 13.6. The predicted octanol–water partition coefficient (Wildman–Crippen LogP) is 4.75. The number of hydrogen-bond acceptors (Lipinski definition) is 2. The summed E-state index contributed by atoms with van der Waals surface area (Å²) in [6, 6.07) is 14.3. The van der Waals surface area contributed by atoms with Gasteiger partial charge in [-0.2, -0.15) is 18.3 Å². The van der Waals surface area contributed by atoms with Crippen molar-refractivity contribution in [2.24, 2.45) is 0 Å². The molecule has 0 saturated heterocycles. The second-order valence-corrected chi connectivity index (χ2v) is 5.82. The van der Waals surface area contributed by atoms with E-state index in [0.29, 0.717) is 5.69 Å². The fourth-order valence-corrected chi connectivity index (χ4v) is 2.69. The van der Waals surface area contributed by atoms with Gasteiger partial charge in [0.2, 0.25) is 5.91 Å². The Labute approximate surface area is 148 Å². The number of hydrogen-bond donors (Lipinski definition) is 2. The van der Waals surface area contributed by atoms with Crippen molar-refractivity contribution >= 4 is 11.6 Å². The summed E-state index contributed by atoms with van der Waals surface area (Å²) in [5.74, 6) is -2.54. The normalized spacial score (nSPS) is 12.6. The minimum Gasteiger partial charge on any atom is -0.326 e. The number of aromatic nitrogens is 2. The molecular formula is C19H16F3N3O. The van der Waals surface area contributed by atoms with E-state index < -0.39 is 24.4 Å². The van der Waals surface area contributed by atoms with Crippen LogP contribution in [0.4, 0.5) is 18.9 Å². The number of nitrogens with one attached hydrogen (secondary N) is 2. The molecule has 0 fully saturated rings. The molecule has 7 heteroatoms. The SMILES string of the molecule is O=C(C[C@@H](c1ccccc1)C(F)(F)F)Nc1cccc(-c2cn[nH]c2)c1. The third-order valence-electron chi connectivity index (χ3n) is 3.96. The Bertz CT molecular complexity index is 861. The van der Waals surface area contributed by atoms with Crippen LogP contribution >= 0.6 is 0 Å². The van der Waals surface area contributed by atoms with Crippen LogP contribution in [0, 0.1) is 0 Å². The number of carbonyl (C=O) groups excluding carboxylic acids is 1. The van der Waals surface area contributed by atoms with Gasteiger partial charge in [0.25, 0.3) is 0 Å². The number of alkyl halides is 3. The molecule has 0 aliphatic carbocycles. The Morgan fingerprint density at radius 2 is 1.85 bits per heavy atom. The first kappa shape index (κ1) is 17.7. The summed E-state index contributed by atoms with van der Waals surface area (Å²) < 4.78 is 40.1. The van der Waals surface area contributed by atoms with Crippen LogP contribution in [0.25, 0.3) is 11.1 Å². The van der Waals surface area contributed by atoms with Gasteiger partial charge in [0.1, 0.15) is 0 Å². The molecule has 0 saturated carbocycles. The highest BCUT2D eigenvalue weighted by Crippen LogP contribution is 2.37. The second kappa shape index (κ2) is 7.43. The van der Waals surface area contributed by atoms with Crippen molar-refractivity contribution in [2.45, 2.75) is 18.5 Å². The topological polar surface area (TPSA) is 57.8 Å². The van der Waals surface area contributed by atoms with Crippen LogP contribution in [0.15, 0.2) is 67.0 Å². The highest BCUT2D eigenvalue weighted by atomic mass is 19.4. The summed E-state index contributed by atoms with van der Waals surface area (Å²) in [5.41, 5.74) is 2.12. The number of anilines is 1. The van der Waals surface area contributed by atoms with Crippen LogP contribution < -0.4 is 5.32 Å². The molecule has 0 radical (unpaired) electrons. The van der Waals surface area contributed by atoms with Gasteiger partial charge >= 0.3 is 6.18 Å². The molecule has 0 unspecified atom stereocenters. The number of benzene rings is 2. The van der Waals surface area contributed by atoms with E-state index >= 15 is 0 Å². The number of nitrogens with zero attached hydrogens (tertiary/aromatic N) is 1. The van der Waals surface area contributed by atoms with Crippen LogP contribution in [0.3, 0.4) is 0 Å². The van der Waals surface area contributed by atoms with Crippen molar-refractivity contribution < 1.29 is 18.0 Å². The van der Waals surface area contributed by atoms with Gasteiger partial charge in [0, 0.05) is 23.9 Å². The van der Waals surface area contributed by atoms with E-state index in [1.807, 2.05) is 6.07 Å². The van der Waals surface area contributed by atoms with Gasteiger partial charge in [0.05, 0.1) is 12.1 Å². The van der Waals surface area contributed by atoms with Crippen molar-refractivity contribution in [2.75, 3.05) is 5.32 Å². The molecular weight excluding hydrogens is 343 g/mol. The van der Waals surface area contributed by atoms with E-state index in [-0.39, 0.29) is 5.56 Å². The first-order chi connectivity index (χ1) is 12.4. The quantitative estimate of drug-likeness (QED) is 0.691. The predicted molar refractivity (Wildman–Crippen MR) is 92.5 cm³/mol. The fourth-order valence-electron chi connectivity index (χ4n) is 2.69. The largest absolute Gasteiger partial charge is 0.396 e. The molecule has 4 nitrogen and oxygen atoms in total. The maximum Gasteiger partial charge on any atom is 0.396 e. The molecule has 26 heavy (non-hydrogen) atoms. The zero-order chi connectivity index (χ0) is 18.6. The summed E-state index contributed by atoms with van der Waals surface area (Å²) in [6.07, 6.45) is -1.87. The molecule has 0 aliphatic heterocycles. The average Bonchev–Trinajstić information content (AvgIpc) is 3.14. The van der Waals surface area contributed by atoms with Gasteiger partial charge in [-0.1, -0.05) is 42.5 Å². The first-order valence-corrected chi connectivity index (χ1v) is 7.94. The van der Waals surface area contributed by atoms with Gasteiger partial charge in [-0.05, 0) is 23.3 Å². The number of amides is 1. The Morgan fingerprint density at radius 3 is 2.50 bits per heavy atom. The molecule has 0 bridgehead atoms. The summed E-state index contributed by atoms with van der Waals surface area (Å²) in [7, 11) is 0. The number of aromatic amines is 1. The van der Waals surface area contributed by atoms with Crippen LogP contribution in [-0.4, -0.2) is 22.3 Å². The molecule has 1 heterocycles. The lowest BCUT2D eigenvalue weighted by Crippen LogP contribution is -2.26. The van der Waals surface area contributed by atoms with Gasteiger partial charge in [-0.15, -0.1) is 0 Å². The van der Waals surface area contributed by atoms with Crippen molar-refractivity contribution in [3.63, 3.8) is 0 Å². The van der Waals surface area contributed by atoms with Crippen LogP contribution in [0.5, 0.6) is 0 Å². The molecule has 3 aromatic rings. The zero-order valence-corrected chi connectivity index (χ0v) is 13.6. The van der Waals surface area contributed by atoms with E-state index in [1.54, 1.807) is 36.7 Å². The molecule has 1 amide bonds. The van der Waals surface area contributed by atoms with Crippen LogP contribution in [0.2, 0.25) is 0 Å². The first-order valence-electron chi connectivity index (χ1n) is 7.94. The maximum atomic E-state index is 13.4. The van der Waals surface area contributed by atoms with Gasteiger partial charge < -0.3 is 5.32 Å². The number of carbonyl (C=O) groups is 1. The Hall–Kier alpha value is -3.09. The molecule has 1 aromatic heterocycles. The minimum absolute atomic E-state index is 0.0716. The molecule has 0 aliphatic rings. The van der Waals surface area contributed by atoms with Crippen molar-refractivity contribution in [1.29, 1.82) is 0 Å². The summed E-state index contributed by atoms with van der Waals surface area (Å²) >= 11 is 0. The highest BCUT2D eigenvalue weighted by Gasteiger charge is 2.41. The summed E-state index contributed by atoms with van der Waals surface area (Å²) in [6.45, 7) is 0. The highest BCUT2D eigenvalue weighted by molar-refractivity contribution is 5.92. The second-order valence-electron chi connectivity index (χ2n) is 5.82. The van der Waals surface area contributed by atoms with Crippen molar-refractivity contribution in [1.82, 2.24) is 10.2 Å². The molecule has 3 rings (SSSR count). The van der Waals surface area contributed by atoms with Gasteiger partial charge in [0.15, 0.2) is 0 Å². The van der Waals surface area contributed by atoms with Crippen LogP contribution in [0.1, 0.15) is 17.9 Å². The van der Waals surface area contributed by atoms with E-state index in [9.17, 15) is 18.0 Å². The number of halogens is 3. The van der Waals surface area contributed by atoms with Gasteiger partial charge in [-0.25, -0.2) is 0 Å². The van der Waals surface area contributed by atoms with Crippen LogP contribution in [-0.2, 0) is 4.79 Å². The monoisotopic (exact) mass is 359 g/mol.